The molecule has 0 unspecified atom stereocenters. The second-order valence-electron chi connectivity index (χ2n) is 4.10. The Kier molecular flexibility index (Phi) is 1.69. The molecule has 0 aliphatic carbocycles. The Morgan fingerprint density at radius 3 is 2.69 bits per heavy atom. The third-order valence-corrected chi connectivity index (χ3v) is 3.53. The van der Waals surface area contributed by atoms with Crippen molar-refractivity contribution in [2.75, 3.05) is 0 Å². The smallest absolute Gasteiger partial charge is 0.180 e. The molecule has 2 aromatic rings. The van der Waals surface area contributed by atoms with E-state index in [1.165, 1.54) is 6.33 Å². The number of aromatic amines is 1. The molecule has 0 aliphatic rings. The number of aromatic nitrogens is 4. The van der Waals surface area contributed by atoms with Crippen LogP contribution in [0.3, 0.4) is 0 Å². The molecular weight excluding hydrogens is 180 g/mol. The first-order chi connectivity index (χ1) is 6.07. The van der Waals surface area contributed by atoms with Gasteiger partial charge in [-0.3, -0.25) is 0 Å². The van der Waals surface area contributed by atoms with Gasteiger partial charge in [-0.25, -0.2) is 15.0 Å². The third-order valence-electron chi connectivity index (χ3n) is 1.87. The van der Waals surface area contributed by atoms with Crippen LogP contribution in [0, 0.1) is 0 Å². The van der Waals surface area contributed by atoms with Crippen molar-refractivity contribution in [2.45, 2.75) is 19.6 Å². The second-order valence-corrected chi connectivity index (χ2v) is 9.07. The average molecular weight is 192 g/mol. The number of nitrogens with zero attached hydrogens (tertiary/aromatic N) is 3. The number of imidazole rings is 1. The van der Waals surface area contributed by atoms with E-state index in [1.54, 1.807) is 6.20 Å². The highest BCUT2D eigenvalue weighted by Gasteiger charge is 2.20. The summed E-state index contributed by atoms with van der Waals surface area (Å²) in [5, 5.41) is 0. The maximum atomic E-state index is 4.44. The van der Waals surface area contributed by atoms with E-state index in [4.69, 9.17) is 0 Å². The zero-order valence-corrected chi connectivity index (χ0v) is 9.00. The summed E-state index contributed by atoms with van der Waals surface area (Å²) < 4.78 is 0. The molecule has 0 aliphatic heterocycles. The van der Waals surface area contributed by atoms with Crippen molar-refractivity contribution >= 4 is 24.7 Å². The van der Waals surface area contributed by atoms with Gasteiger partial charge in [0.05, 0.1) is 11.6 Å². The Hall–Kier alpha value is -1.23. The number of rotatable bonds is 1. The fourth-order valence-corrected chi connectivity index (χ4v) is 2.07. The van der Waals surface area contributed by atoms with E-state index in [0.717, 1.165) is 16.6 Å². The summed E-state index contributed by atoms with van der Waals surface area (Å²) in [6, 6.07) is 0. The lowest BCUT2D eigenvalue weighted by Gasteiger charge is -2.10. The summed E-state index contributed by atoms with van der Waals surface area (Å²) in [6.45, 7) is 6.74. The Morgan fingerprint density at radius 1 is 1.31 bits per heavy atom. The van der Waals surface area contributed by atoms with Crippen molar-refractivity contribution in [3.05, 3.63) is 12.5 Å². The van der Waals surface area contributed by atoms with Crippen LogP contribution in [0.5, 0.6) is 0 Å². The summed E-state index contributed by atoms with van der Waals surface area (Å²) >= 11 is 0. The first kappa shape index (κ1) is 8.37. The standard InChI is InChI=1S/C8H12N4Si/c1-13(2,3)8-11-6-4-9-5-10-7(6)12-8/h4-5H,1-3H3,(H,9,10,11,12). The van der Waals surface area contributed by atoms with E-state index in [1.807, 2.05) is 0 Å². The summed E-state index contributed by atoms with van der Waals surface area (Å²) in [5.41, 5.74) is 2.79. The van der Waals surface area contributed by atoms with Gasteiger partial charge in [0.1, 0.15) is 19.9 Å². The largest absolute Gasteiger partial charge is 0.343 e. The molecule has 2 heterocycles. The van der Waals surface area contributed by atoms with Gasteiger partial charge in [0.15, 0.2) is 5.65 Å². The van der Waals surface area contributed by atoms with Crippen molar-refractivity contribution in [1.29, 1.82) is 0 Å². The first-order valence-electron chi connectivity index (χ1n) is 4.23. The van der Waals surface area contributed by atoms with Crippen molar-refractivity contribution in [3.63, 3.8) is 0 Å². The Bertz CT molecular complexity index is 396. The van der Waals surface area contributed by atoms with Crippen LogP contribution in [0.25, 0.3) is 11.2 Å². The monoisotopic (exact) mass is 192 g/mol. The van der Waals surface area contributed by atoms with E-state index < -0.39 is 8.07 Å². The zero-order chi connectivity index (χ0) is 9.47. The van der Waals surface area contributed by atoms with Crippen LogP contribution in [0.15, 0.2) is 12.5 Å². The molecule has 0 atom stereocenters. The zero-order valence-electron chi connectivity index (χ0n) is 8.00. The summed E-state index contributed by atoms with van der Waals surface area (Å²) in [5.74, 6) is 0. The highest BCUT2D eigenvalue weighted by Crippen LogP contribution is 2.05. The maximum Gasteiger partial charge on any atom is 0.180 e. The maximum absolute atomic E-state index is 4.44. The van der Waals surface area contributed by atoms with E-state index in [0.29, 0.717) is 0 Å². The molecule has 0 aromatic carbocycles. The second kappa shape index (κ2) is 2.63. The predicted molar refractivity (Wildman–Crippen MR) is 54.7 cm³/mol. The van der Waals surface area contributed by atoms with E-state index >= 15 is 0 Å². The predicted octanol–water partition coefficient (Wildman–Crippen LogP) is 0.898. The van der Waals surface area contributed by atoms with Crippen molar-refractivity contribution in [1.82, 2.24) is 19.9 Å². The Balaban J connectivity index is 2.63. The van der Waals surface area contributed by atoms with Gasteiger partial charge < -0.3 is 4.98 Å². The Labute approximate surface area is 77.5 Å². The van der Waals surface area contributed by atoms with Gasteiger partial charge in [-0.2, -0.15) is 0 Å². The lowest BCUT2D eigenvalue weighted by atomic mass is 10.6. The quantitative estimate of drug-likeness (QED) is 0.683. The van der Waals surface area contributed by atoms with Crippen LogP contribution in [-0.2, 0) is 0 Å². The number of H-pyrrole nitrogens is 1. The van der Waals surface area contributed by atoms with E-state index in [-0.39, 0.29) is 0 Å². The Morgan fingerprint density at radius 2 is 2.08 bits per heavy atom. The van der Waals surface area contributed by atoms with Crippen LogP contribution in [0.4, 0.5) is 0 Å². The van der Waals surface area contributed by atoms with Crippen molar-refractivity contribution in [3.8, 4) is 0 Å². The van der Waals surface area contributed by atoms with Crippen LogP contribution >= 0.6 is 0 Å². The molecule has 2 rings (SSSR count). The summed E-state index contributed by atoms with van der Waals surface area (Å²) in [7, 11) is -1.35. The molecular formula is C8H12N4Si. The molecule has 4 nitrogen and oxygen atoms in total. The first-order valence-corrected chi connectivity index (χ1v) is 7.73. The van der Waals surface area contributed by atoms with Crippen molar-refractivity contribution < 1.29 is 0 Å². The molecule has 0 bridgehead atoms. The van der Waals surface area contributed by atoms with Crippen LogP contribution in [-0.4, -0.2) is 28.0 Å². The fourth-order valence-electron chi connectivity index (χ4n) is 1.12. The van der Waals surface area contributed by atoms with Gasteiger partial charge in [0.25, 0.3) is 0 Å². The molecule has 1 N–H and O–H groups in total. The van der Waals surface area contributed by atoms with Gasteiger partial charge in [-0.1, -0.05) is 19.6 Å². The van der Waals surface area contributed by atoms with Crippen LogP contribution < -0.4 is 5.45 Å². The molecule has 0 radical (unpaired) electrons. The molecule has 0 fully saturated rings. The molecule has 2 aromatic heterocycles. The van der Waals surface area contributed by atoms with Crippen molar-refractivity contribution in [2.24, 2.45) is 0 Å². The fraction of sp³-hybridized carbons (Fsp3) is 0.375. The van der Waals surface area contributed by atoms with Crippen LogP contribution in [0.1, 0.15) is 0 Å². The lowest BCUT2D eigenvalue weighted by molar-refractivity contribution is 1.20. The van der Waals surface area contributed by atoms with Gasteiger partial charge in [0.2, 0.25) is 0 Å². The molecule has 13 heavy (non-hydrogen) atoms. The summed E-state index contributed by atoms with van der Waals surface area (Å²) in [4.78, 5) is 15.7. The molecule has 0 amide bonds. The van der Waals surface area contributed by atoms with Gasteiger partial charge in [0, 0.05) is 0 Å². The third kappa shape index (κ3) is 1.46. The average Bonchev–Trinajstić information content (AvgIpc) is 2.45. The molecule has 0 spiro atoms. The topological polar surface area (TPSA) is 54.5 Å². The highest BCUT2D eigenvalue weighted by atomic mass is 28.3. The van der Waals surface area contributed by atoms with E-state index in [2.05, 4.69) is 39.6 Å². The molecule has 0 saturated carbocycles. The number of fused-ring (bicyclic) bond motifs is 1. The number of hydrogen-bond donors (Lipinski definition) is 1. The molecule has 68 valence electrons. The van der Waals surface area contributed by atoms with Gasteiger partial charge >= 0.3 is 0 Å². The van der Waals surface area contributed by atoms with Crippen LogP contribution in [0.2, 0.25) is 19.6 Å². The molecule has 5 heteroatoms. The van der Waals surface area contributed by atoms with Gasteiger partial charge in [-0.15, -0.1) is 0 Å². The lowest BCUT2D eigenvalue weighted by Crippen LogP contribution is -2.40. The molecule has 0 saturated heterocycles. The normalized spacial score (nSPS) is 12.2. The summed E-state index contributed by atoms with van der Waals surface area (Å²) in [6.07, 6.45) is 3.29. The number of hydrogen-bond acceptors (Lipinski definition) is 3. The highest BCUT2D eigenvalue weighted by molar-refractivity contribution is 6.87. The minimum atomic E-state index is -1.35. The minimum absolute atomic E-state index is 0.771. The van der Waals surface area contributed by atoms with Gasteiger partial charge in [-0.05, 0) is 0 Å². The SMILES string of the molecule is C[Si](C)(C)c1nc2ncncc2[nH]1. The van der Waals surface area contributed by atoms with E-state index in [9.17, 15) is 0 Å². The minimum Gasteiger partial charge on any atom is -0.343 e. The number of nitrogens with one attached hydrogen (secondary N) is 1.